The van der Waals surface area contributed by atoms with E-state index < -0.39 is 18.0 Å². The number of piperidine rings is 3. The zero-order valence-electron chi connectivity index (χ0n) is 36.1. The summed E-state index contributed by atoms with van der Waals surface area (Å²) in [6, 6.07) is 20.9. The maximum absolute atomic E-state index is 14.1. The lowest BCUT2D eigenvalue weighted by atomic mass is 9.79. The third-order valence-corrected chi connectivity index (χ3v) is 13.2. The molecule has 0 bridgehead atoms. The number of pyridine rings is 1. The molecule has 2 unspecified atom stereocenters. The van der Waals surface area contributed by atoms with Crippen molar-refractivity contribution < 1.29 is 29.1 Å². The summed E-state index contributed by atoms with van der Waals surface area (Å²) in [5.41, 5.74) is 5.07. The van der Waals surface area contributed by atoms with Crippen molar-refractivity contribution in [3.05, 3.63) is 106 Å². The molecule has 62 heavy (non-hydrogen) atoms. The number of aromatic hydroxyl groups is 1. The van der Waals surface area contributed by atoms with Gasteiger partial charge in [-0.1, -0.05) is 58.0 Å². The Morgan fingerprint density at radius 1 is 0.935 bits per heavy atom. The van der Waals surface area contributed by atoms with E-state index in [1.54, 1.807) is 11.1 Å². The lowest BCUT2D eigenvalue weighted by Crippen LogP contribution is -2.52. The minimum absolute atomic E-state index is 0.0167. The van der Waals surface area contributed by atoms with Crippen LogP contribution in [0.4, 0.5) is 0 Å². The van der Waals surface area contributed by atoms with E-state index in [1.165, 1.54) is 0 Å². The first-order valence-electron chi connectivity index (χ1n) is 22.1. The Morgan fingerprint density at radius 3 is 2.37 bits per heavy atom. The lowest BCUT2D eigenvalue weighted by molar-refractivity contribution is -0.137. The van der Waals surface area contributed by atoms with E-state index in [1.807, 2.05) is 72.5 Å². The number of fused-ring (bicyclic) bond motifs is 2. The lowest BCUT2D eigenvalue weighted by Gasteiger charge is -2.39. The molecule has 12 nitrogen and oxygen atoms in total. The molecule has 4 aliphatic rings. The van der Waals surface area contributed by atoms with Crippen LogP contribution in [0.15, 0.2) is 66.9 Å². The summed E-state index contributed by atoms with van der Waals surface area (Å²) in [6.07, 6.45) is 7.06. The Bertz CT molecular complexity index is 2480. The fourth-order valence-electron chi connectivity index (χ4n) is 9.84. The van der Waals surface area contributed by atoms with Crippen molar-refractivity contribution in [2.75, 3.05) is 26.2 Å². The van der Waals surface area contributed by atoms with Crippen molar-refractivity contribution in [1.29, 1.82) is 0 Å². The molecule has 3 N–H and O–H groups in total. The predicted octanol–water partition coefficient (Wildman–Crippen LogP) is 6.58. The quantitative estimate of drug-likeness (QED) is 0.133. The highest BCUT2D eigenvalue weighted by Gasteiger charge is 2.40. The van der Waals surface area contributed by atoms with E-state index >= 15 is 0 Å². The molecule has 322 valence electrons. The van der Waals surface area contributed by atoms with Crippen LogP contribution >= 0.6 is 0 Å². The molecule has 5 amide bonds. The number of aromatic nitrogens is 1. The summed E-state index contributed by atoms with van der Waals surface area (Å²) < 4.78 is 0. The fraction of sp³-hybridized carbons (Fsp3) is 0.440. The molecule has 5 heterocycles. The highest BCUT2D eigenvalue weighted by molar-refractivity contribution is 6.06. The zero-order chi connectivity index (χ0) is 43.7. The van der Waals surface area contributed by atoms with Crippen LogP contribution < -0.4 is 10.6 Å². The van der Waals surface area contributed by atoms with Crippen LogP contribution in [0.5, 0.6) is 5.75 Å². The summed E-state index contributed by atoms with van der Waals surface area (Å²) in [7, 11) is 0. The van der Waals surface area contributed by atoms with Gasteiger partial charge < -0.3 is 25.1 Å². The molecule has 8 rings (SSSR count). The molecule has 3 saturated heterocycles. The number of nitrogens with zero attached hydrogens (tertiary/aromatic N) is 4. The third kappa shape index (κ3) is 8.63. The summed E-state index contributed by atoms with van der Waals surface area (Å²) >= 11 is 0. The number of likely N-dealkylation sites (tertiary alicyclic amines) is 2. The molecule has 3 fully saturated rings. The molecule has 3 aromatic carbocycles. The predicted molar refractivity (Wildman–Crippen MR) is 236 cm³/mol. The molecule has 1 aromatic heterocycles. The summed E-state index contributed by atoms with van der Waals surface area (Å²) in [6.45, 7) is 11.6. The molecule has 0 saturated carbocycles. The zero-order valence-corrected chi connectivity index (χ0v) is 36.1. The number of rotatable bonds is 8. The van der Waals surface area contributed by atoms with Gasteiger partial charge in [-0.15, -0.1) is 0 Å². The van der Waals surface area contributed by atoms with Crippen molar-refractivity contribution in [3.8, 4) is 17.7 Å². The first kappa shape index (κ1) is 42.5. The average Bonchev–Trinajstić information content (AvgIpc) is 3.61. The van der Waals surface area contributed by atoms with Gasteiger partial charge in [-0.05, 0) is 109 Å². The molecule has 0 spiro atoms. The van der Waals surface area contributed by atoms with Crippen LogP contribution in [0.25, 0.3) is 10.9 Å². The van der Waals surface area contributed by atoms with Gasteiger partial charge in [-0.25, -0.2) is 0 Å². The maximum atomic E-state index is 14.1. The van der Waals surface area contributed by atoms with Gasteiger partial charge in [-0.2, -0.15) is 0 Å². The van der Waals surface area contributed by atoms with Gasteiger partial charge in [0.25, 0.3) is 11.8 Å². The fourth-order valence-corrected chi connectivity index (χ4v) is 9.84. The van der Waals surface area contributed by atoms with Gasteiger partial charge >= 0.3 is 0 Å². The smallest absolute Gasteiger partial charge is 0.256 e. The number of phenolic OH excluding ortho intramolecular Hbond substituents is 1. The van der Waals surface area contributed by atoms with Crippen LogP contribution in [-0.2, 0) is 26.3 Å². The largest absolute Gasteiger partial charge is 0.505 e. The molecular formula is C50H56N6O6. The number of phenols is 1. The van der Waals surface area contributed by atoms with E-state index in [0.717, 1.165) is 55.3 Å². The topological polar surface area (TPSA) is 152 Å². The number of carbonyl (C=O) groups excluding carboxylic acids is 5. The SMILES string of the molecule is CCCC(=O)NC(c1cccc(C(=O)N2CCC(C3CCN(C#Cc4cccc5c4C(=O)N(C4CCC(=O)NC4=O)C5)CC3)CC2)c1)c1cc(C(C)(C)C)c2cccnc2c1O. The van der Waals surface area contributed by atoms with Gasteiger partial charge in [0.2, 0.25) is 17.7 Å². The molecular weight excluding hydrogens is 781 g/mol. The number of imide groups is 1. The van der Waals surface area contributed by atoms with Crippen molar-refractivity contribution in [2.24, 2.45) is 11.8 Å². The second-order valence-electron chi connectivity index (χ2n) is 18.3. The number of benzene rings is 3. The van der Waals surface area contributed by atoms with Crippen LogP contribution in [-0.4, -0.2) is 86.5 Å². The van der Waals surface area contributed by atoms with Crippen LogP contribution in [0, 0.1) is 23.8 Å². The maximum Gasteiger partial charge on any atom is 0.256 e. The van der Waals surface area contributed by atoms with E-state index in [9.17, 15) is 29.1 Å². The average molecular weight is 837 g/mol. The van der Waals surface area contributed by atoms with Gasteiger partial charge in [0.05, 0.1) is 11.6 Å². The Balaban J connectivity index is 0.903. The van der Waals surface area contributed by atoms with E-state index in [0.29, 0.717) is 84.1 Å². The first-order chi connectivity index (χ1) is 29.8. The normalized spacial score (nSPS) is 19.2. The minimum atomic E-state index is -0.693. The number of amides is 5. The van der Waals surface area contributed by atoms with Crippen molar-refractivity contribution in [3.63, 3.8) is 0 Å². The standard InChI is InChI=1S/C50H56N6O6/c1-5-9-41(57)52-44(38-29-39(50(2,3)4)37-14-8-22-51-45(37)46(38)59)34-11-7-12-35(28-34)48(61)55-26-20-32(21-27-55)31-17-23-54(24-18-31)25-19-33-10-6-13-36-30-56(49(62)43(33)36)40-15-16-42(58)53-47(40)60/h6-8,10-14,22,28-29,31-32,40,44,59H,5,9,15-18,20-21,23-24,26-27,30H2,1-4H3,(H,52,57)(H,53,58,60). The van der Waals surface area contributed by atoms with Crippen molar-refractivity contribution in [1.82, 2.24) is 30.3 Å². The molecule has 4 aliphatic heterocycles. The van der Waals surface area contributed by atoms with Gasteiger partial charge in [0, 0.05) is 79.9 Å². The van der Waals surface area contributed by atoms with E-state index in [2.05, 4.69) is 53.3 Å². The summed E-state index contributed by atoms with van der Waals surface area (Å²) in [5, 5.41) is 18.1. The highest BCUT2D eigenvalue weighted by Crippen LogP contribution is 2.41. The molecule has 2 atom stereocenters. The summed E-state index contributed by atoms with van der Waals surface area (Å²) in [5.74, 6) is 3.20. The monoisotopic (exact) mass is 836 g/mol. The van der Waals surface area contributed by atoms with Gasteiger partial charge in [-0.3, -0.25) is 34.3 Å². The molecule has 0 radical (unpaired) electrons. The van der Waals surface area contributed by atoms with E-state index in [-0.39, 0.29) is 41.2 Å². The van der Waals surface area contributed by atoms with E-state index in [4.69, 9.17) is 0 Å². The summed E-state index contributed by atoms with van der Waals surface area (Å²) in [4.78, 5) is 75.2. The first-order valence-corrected chi connectivity index (χ1v) is 22.1. The Hall–Kier alpha value is -6.22. The molecule has 12 heteroatoms. The highest BCUT2D eigenvalue weighted by atomic mass is 16.3. The van der Waals surface area contributed by atoms with Crippen LogP contribution in [0.3, 0.4) is 0 Å². The third-order valence-electron chi connectivity index (χ3n) is 13.2. The Labute approximate surface area is 363 Å². The number of carbonyl (C=O) groups is 5. The molecule has 4 aromatic rings. The number of hydrogen-bond donors (Lipinski definition) is 3. The number of nitrogens with one attached hydrogen (secondary N) is 2. The van der Waals surface area contributed by atoms with Crippen molar-refractivity contribution >= 4 is 40.4 Å². The van der Waals surface area contributed by atoms with Gasteiger partial charge in [0.1, 0.15) is 17.3 Å². The van der Waals surface area contributed by atoms with Crippen molar-refractivity contribution in [2.45, 2.75) is 103 Å². The number of hydrogen-bond acceptors (Lipinski definition) is 8. The molecule has 0 aliphatic carbocycles. The minimum Gasteiger partial charge on any atom is -0.505 e. The van der Waals surface area contributed by atoms with Gasteiger partial charge in [0.15, 0.2) is 0 Å². The van der Waals surface area contributed by atoms with Crippen LogP contribution in [0.2, 0.25) is 0 Å². The Kier molecular flexibility index (Phi) is 12.1. The van der Waals surface area contributed by atoms with Crippen LogP contribution in [0.1, 0.15) is 134 Å². The second-order valence-corrected chi connectivity index (χ2v) is 18.3. The second kappa shape index (κ2) is 17.6. The Morgan fingerprint density at radius 2 is 1.66 bits per heavy atom.